The highest BCUT2D eigenvalue weighted by atomic mass is 32.1. The monoisotopic (exact) mass is 212 g/mol. The minimum atomic E-state index is 1.17. The summed E-state index contributed by atoms with van der Waals surface area (Å²) in [6, 6.07) is 0. The summed E-state index contributed by atoms with van der Waals surface area (Å²) in [6.07, 6.45) is 12.7. The molecule has 0 aliphatic rings. The fourth-order valence-corrected chi connectivity index (χ4v) is 2.08. The Morgan fingerprint density at radius 1 is 1.07 bits per heavy atom. The minimum absolute atomic E-state index is 1.17. The molecule has 2 nitrogen and oxygen atoms in total. The van der Waals surface area contributed by atoms with Crippen LogP contribution in [0.3, 0.4) is 0 Å². The Morgan fingerprint density at radius 3 is 2.43 bits per heavy atom. The van der Waals surface area contributed by atoms with Crippen LogP contribution >= 0.6 is 11.5 Å². The van der Waals surface area contributed by atoms with E-state index in [2.05, 4.69) is 16.5 Å². The van der Waals surface area contributed by atoms with Crippen LogP contribution in [-0.2, 0) is 6.42 Å². The lowest BCUT2D eigenvalue weighted by Gasteiger charge is -1.99. The molecule has 1 rings (SSSR count). The lowest BCUT2D eigenvalue weighted by atomic mass is 10.1. The zero-order valence-electron chi connectivity index (χ0n) is 9.04. The predicted octanol–water partition coefficient (Wildman–Crippen LogP) is 3.83. The second-order valence-electron chi connectivity index (χ2n) is 3.76. The van der Waals surface area contributed by atoms with Crippen molar-refractivity contribution in [1.82, 2.24) is 9.59 Å². The van der Waals surface area contributed by atoms with Crippen molar-refractivity contribution in [3.05, 3.63) is 11.1 Å². The molecule has 0 bridgehead atoms. The largest absolute Gasteiger partial charge is 0.146 e. The molecule has 1 aromatic rings. The van der Waals surface area contributed by atoms with Gasteiger partial charge in [-0.25, -0.2) is 0 Å². The van der Waals surface area contributed by atoms with Crippen molar-refractivity contribution in [1.29, 1.82) is 0 Å². The quantitative estimate of drug-likeness (QED) is 0.612. The summed E-state index contributed by atoms with van der Waals surface area (Å²) in [7, 11) is 0. The first-order chi connectivity index (χ1) is 6.93. The molecule has 0 radical (unpaired) electrons. The number of nitrogens with zero attached hydrogens (tertiary/aromatic N) is 2. The predicted molar refractivity (Wildman–Crippen MR) is 61.6 cm³/mol. The van der Waals surface area contributed by atoms with Crippen LogP contribution in [0.2, 0.25) is 0 Å². The average Bonchev–Trinajstić information content (AvgIpc) is 2.69. The molecule has 0 unspecified atom stereocenters. The van der Waals surface area contributed by atoms with Crippen LogP contribution < -0.4 is 0 Å². The van der Waals surface area contributed by atoms with Crippen molar-refractivity contribution in [2.24, 2.45) is 0 Å². The molecule has 0 aliphatic heterocycles. The van der Waals surface area contributed by atoms with Crippen molar-refractivity contribution in [2.45, 2.75) is 58.3 Å². The molecule has 1 aromatic heterocycles. The molecule has 3 heteroatoms. The molecule has 0 spiro atoms. The van der Waals surface area contributed by atoms with Gasteiger partial charge in [0, 0.05) is 4.88 Å². The van der Waals surface area contributed by atoms with Crippen LogP contribution in [-0.4, -0.2) is 9.59 Å². The van der Waals surface area contributed by atoms with Crippen LogP contribution in [0.25, 0.3) is 0 Å². The summed E-state index contributed by atoms with van der Waals surface area (Å²) in [4.78, 5) is 1.33. The normalized spacial score (nSPS) is 10.6. The van der Waals surface area contributed by atoms with E-state index >= 15 is 0 Å². The molecular weight excluding hydrogens is 192 g/mol. The van der Waals surface area contributed by atoms with Gasteiger partial charge in [0.15, 0.2) is 0 Å². The second kappa shape index (κ2) is 7.92. The number of unbranched alkanes of at least 4 members (excludes halogenated alkanes) is 6. The summed E-state index contributed by atoms with van der Waals surface area (Å²) in [5, 5.41) is 3.83. The maximum Gasteiger partial charge on any atom is 0.0653 e. The molecule has 0 aliphatic carbocycles. The Bertz CT molecular complexity index is 209. The molecule has 0 amide bonds. The van der Waals surface area contributed by atoms with Crippen molar-refractivity contribution in [2.75, 3.05) is 0 Å². The zero-order chi connectivity index (χ0) is 10.1. The number of aryl methyl sites for hydroxylation is 1. The van der Waals surface area contributed by atoms with Crippen LogP contribution in [0, 0.1) is 0 Å². The van der Waals surface area contributed by atoms with Gasteiger partial charge in [-0.1, -0.05) is 49.9 Å². The van der Waals surface area contributed by atoms with Crippen molar-refractivity contribution < 1.29 is 0 Å². The van der Waals surface area contributed by atoms with Crippen molar-refractivity contribution >= 4 is 11.5 Å². The van der Waals surface area contributed by atoms with E-state index in [-0.39, 0.29) is 0 Å². The summed E-state index contributed by atoms with van der Waals surface area (Å²) < 4.78 is 3.85. The zero-order valence-corrected chi connectivity index (χ0v) is 9.85. The lowest BCUT2D eigenvalue weighted by molar-refractivity contribution is 0.590. The van der Waals surface area contributed by atoms with E-state index in [0.29, 0.717) is 0 Å². The first-order valence-electron chi connectivity index (χ1n) is 5.69. The average molecular weight is 212 g/mol. The molecule has 80 valence electrons. The first kappa shape index (κ1) is 11.6. The SMILES string of the molecule is CCCCCCCCCc1cnns1. The van der Waals surface area contributed by atoms with Crippen LogP contribution in [0.1, 0.15) is 56.7 Å². The van der Waals surface area contributed by atoms with E-state index in [1.54, 1.807) is 0 Å². The summed E-state index contributed by atoms with van der Waals surface area (Å²) in [5.74, 6) is 0. The number of aromatic nitrogens is 2. The third-order valence-corrected chi connectivity index (χ3v) is 3.15. The molecular formula is C11H20N2S. The number of rotatable bonds is 8. The van der Waals surface area contributed by atoms with E-state index in [0.717, 1.165) is 0 Å². The van der Waals surface area contributed by atoms with Gasteiger partial charge in [0.05, 0.1) is 6.20 Å². The second-order valence-corrected chi connectivity index (χ2v) is 4.63. The minimum Gasteiger partial charge on any atom is -0.146 e. The Balaban J connectivity index is 1.85. The lowest BCUT2D eigenvalue weighted by Crippen LogP contribution is -1.83. The smallest absolute Gasteiger partial charge is 0.0653 e. The van der Waals surface area contributed by atoms with Gasteiger partial charge in [-0.2, -0.15) is 0 Å². The highest BCUT2D eigenvalue weighted by molar-refractivity contribution is 7.05. The topological polar surface area (TPSA) is 25.8 Å². The molecule has 0 fully saturated rings. The van der Waals surface area contributed by atoms with Gasteiger partial charge in [0.1, 0.15) is 0 Å². The van der Waals surface area contributed by atoms with Crippen LogP contribution in [0.4, 0.5) is 0 Å². The van der Waals surface area contributed by atoms with Gasteiger partial charge in [-0.3, -0.25) is 0 Å². The maximum atomic E-state index is 3.85. The van der Waals surface area contributed by atoms with Crippen molar-refractivity contribution in [3.8, 4) is 0 Å². The Labute approximate surface area is 90.9 Å². The molecule has 1 heterocycles. The Morgan fingerprint density at radius 2 is 1.79 bits per heavy atom. The third kappa shape index (κ3) is 5.32. The van der Waals surface area contributed by atoms with Gasteiger partial charge in [-0.15, -0.1) is 5.10 Å². The van der Waals surface area contributed by atoms with Gasteiger partial charge < -0.3 is 0 Å². The first-order valence-corrected chi connectivity index (χ1v) is 6.47. The van der Waals surface area contributed by atoms with E-state index in [1.807, 2.05) is 6.20 Å². The molecule has 0 atom stereocenters. The van der Waals surface area contributed by atoms with Crippen LogP contribution in [0.5, 0.6) is 0 Å². The van der Waals surface area contributed by atoms with Crippen LogP contribution in [0.15, 0.2) is 6.20 Å². The molecule has 14 heavy (non-hydrogen) atoms. The number of hydrogen-bond donors (Lipinski definition) is 0. The maximum absolute atomic E-state index is 3.85. The highest BCUT2D eigenvalue weighted by Gasteiger charge is 1.95. The fourth-order valence-electron chi connectivity index (χ4n) is 1.55. The van der Waals surface area contributed by atoms with E-state index in [9.17, 15) is 0 Å². The standard InChI is InChI=1S/C11H20N2S/c1-2-3-4-5-6-7-8-9-11-10-12-13-14-11/h10H,2-9H2,1H3. The summed E-state index contributed by atoms with van der Waals surface area (Å²) in [6.45, 7) is 2.26. The third-order valence-electron chi connectivity index (χ3n) is 2.43. The van der Waals surface area contributed by atoms with E-state index < -0.39 is 0 Å². The fraction of sp³-hybridized carbons (Fsp3) is 0.818. The molecule has 0 saturated heterocycles. The highest BCUT2D eigenvalue weighted by Crippen LogP contribution is 2.11. The molecule has 0 N–H and O–H groups in total. The number of hydrogen-bond acceptors (Lipinski definition) is 3. The summed E-state index contributed by atoms with van der Waals surface area (Å²) in [5.41, 5.74) is 0. The van der Waals surface area contributed by atoms with E-state index in [4.69, 9.17) is 0 Å². The van der Waals surface area contributed by atoms with Gasteiger partial charge in [0.25, 0.3) is 0 Å². The van der Waals surface area contributed by atoms with Crippen molar-refractivity contribution in [3.63, 3.8) is 0 Å². The molecule has 0 aromatic carbocycles. The Hall–Kier alpha value is -0.440. The van der Waals surface area contributed by atoms with Gasteiger partial charge >= 0.3 is 0 Å². The van der Waals surface area contributed by atoms with E-state index in [1.165, 1.54) is 67.8 Å². The van der Waals surface area contributed by atoms with Gasteiger partial charge in [0.2, 0.25) is 0 Å². The molecule has 0 saturated carbocycles. The summed E-state index contributed by atoms with van der Waals surface area (Å²) >= 11 is 1.53. The Kier molecular flexibility index (Phi) is 6.58. The van der Waals surface area contributed by atoms with Gasteiger partial charge in [-0.05, 0) is 24.4 Å².